The molecule has 1 fully saturated rings. The van der Waals surface area contributed by atoms with Gasteiger partial charge in [-0.1, -0.05) is 13.8 Å². The van der Waals surface area contributed by atoms with E-state index in [1.807, 2.05) is 32.9 Å². The zero-order valence-corrected chi connectivity index (χ0v) is 15.7. The summed E-state index contributed by atoms with van der Waals surface area (Å²) in [5.41, 5.74) is 1.72. The minimum atomic E-state index is 0.0729. The first-order chi connectivity index (χ1) is 11.8. The van der Waals surface area contributed by atoms with E-state index in [1.165, 1.54) is 0 Å². The Balaban J connectivity index is 1.82. The second kappa shape index (κ2) is 6.94. The lowest BCUT2D eigenvalue weighted by Gasteiger charge is -2.31. The molecular weight excluding hydrogens is 314 g/mol. The Morgan fingerprint density at radius 3 is 2.52 bits per heavy atom. The van der Waals surface area contributed by atoms with Crippen LogP contribution in [-0.4, -0.2) is 25.7 Å². The highest BCUT2D eigenvalue weighted by molar-refractivity contribution is 5.92. The van der Waals surface area contributed by atoms with Crippen molar-refractivity contribution < 1.29 is 4.79 Å². The van der Waals surface area contributed by atoms with Gasteiger partial charge in [-0.15, -0.1) is 0 Å². The molecule has 2 aromatic rings. The molecule has 0 spiro atoms. The van der Waals surface area contributed by atoms with Crippen molar-refractivity contribution in [2.24, 2.45) is 17.8 Å². The van der Waals surface area contributed by atoms with Gasteiger partial charge in [-0.2, -0.15) is 9.78 Å². The minimum Gasteiger partial charge on any atom is -0.310 e. The summed E-state index contributed by atoms with van der Waals surface area (Å²) in [6.45, 7) is 10.2. The van der Waals surface area contributed by atoms with Gasteiger partial charge in [-0.3, -0.25) is 4.79 Å². The fraction of sp³-hybridized carbons (Fsp3) is 0.579. The highest BCUT2D eigenvalue weighted by Gasteiger charge is 2.29. The molecule has 0 saturated heterocycles. The van der Waals surface area contributed by atoms with Crippen LogP contribution in [0.2, 0.25) is 0 Å². The number of hydrogen-bond acceptors (Lipinski definition) is 4. The molecule has 0 radical (unpaired) electrons. The first-order valence-corrected chi connectivity index (χ1v) is 9.03. The normalized spacial score (nSPS) is 23.5. The van der Waals surface area contributed by atoms with Crippen LogP contribution in [0.5, 0.6) is 0 Å². The molecule has 3 unspecified atom stereocenters. The van der Waals surface area contributed by atoms with E-state index in [-0.39, 0.29) is 11.8 Å². The van der Waals surface area contributed by atoms with E-state index < -0.39 is 0 Å². The van der Waals surface area contributed by atoms with E-state index in [1.54, 1.807) is 4.68 Å². The molecule has 1 N–H and O–H groups in total. The van der Waals surface area contributed by atoms with E-state index in [0.29, 0.717) is 29.3 Å². The van der Waals surface area contributed by atoms with Crippen molar-refractivity contribution in [3.63, 3.8) is 0 Å². The number of rotatable bonds is 3. The summed E-state index contributed by atoms with van der Waals surface area (Å²) >= 11 is 0. The number of anilines is 1. The second-order valence-electron chi connectivity index (χ2n) is 7.45. The Morgan fingerprint density at radius 2 is 1.84 bits per heavy atom. The highest BCUT2D eigenvalue weighted by Crippen LogP contribution is 2.34. The molecule has 6 nitrogen and oxygen atoms in total. The number of aryl methyl sites for hydroxylation is 3. The maximum atomic E-state index is 12.8. The predicted molar refractivity (Wildman–Crippen MR) is 97.7 cm³/mol. The Kier molecular flexibility index (Phi) is 4.88. The standard InChI is InChI=1S/C19H27N5O/c1-11-6-7-16(8-12(11)2)19(25)22-18-10-14(4)23-24(18)17-9-13(3)20-15(5)21-17/h9-12,16H,6-8H2,1-5H3,(H,22,25). The quantitative estimate of drug-likeness (QED) is 0.926. The van der Waals surface area contributed by atoms with Crippen molar-refractivity contribution in [3.8, 4) is 5.82 Å². The molecule has 1 amide bonds. The van der Waals surface area contributed by atoms with Crippen molar-refractivity contribution in [1.29, 1.82) is 0 Å². The molecule has 1 saturated carbocycles. The van der Waals surface area contributed by atoms with Gasteiger partial charge in [0.15, 0.2) is 5.82 Å². The Labute approximate surface area is 149 Å². The van der Waals surface area contributed by atoms with Crippen LogP contribution in [0, 0.1) is 38.5 Å². The van der Waals surface area contributed by atoms with Crippen LogP contribution >= 0.6 is 0 Å². The second-order valence-corrected chi connectivity index (χ2v) is 7.45. The van der Waals surface area contributed by atoms with E-state index in [4.69, 9.17) is 0 Å². The zero-order valence-electron chi connectivity index (χ0n) is 15.7. The summed E-state index contributed by atoms with van der Waals surface area (Å²) in [6.07, 6.45) is 3.02. The molecule has 3 atom stereocenters. The van der Waals surface area contributed by atoms with Crippen molar-refractivity contribution in [3.05, 3.63) is 29.3 Å². The SMILES string of the molecule is Cc1cc(-n2nc(C)cc2NC(=O)C2CCC(C)C(C)C2)nc(C)n1. The number of carbonyl (C=O) groups is 1. The van der Waals surface area contributed by atoms with Gasteiger partial charge >= 0.3 is 0 Å². The number of nitrogens with one attached hydrogen (secondary N) is 1. The summed E-state index contributed by atoms with van der Waals surface area (Å²) < 4.78 is 1.70. The Morgan fingerprint density at radius 1 is 1.08 bits per heavy atom. The Hall–Kier alpha value is -2.24. The van der Waals surface area contributed by atoms with Gasteiger partial charge < -0.3 is 5.32 Å². The average Bonchev–Trinajstić information content (AvgIpc) is 2.89. The van der Waals surface area contributed by atoms with Crippen LogP contribution in [-0.2, 0) is 4.79 Å². The van der Waals surface area contributed by atoms with E-state index >= 15 is 0 Å². The summed E-state index contributed by atoms with van der Waals surface area (Å²) in [4.78, 5) is 21.5. The number of nitrogens with zero attached hydrogens (tertiary/aromatic N) is 4. The third-order valence-corrected chi connectivity index (χ3v) is 5.22. The summed E-state index contributed by atoms with van der Waals surface area (Å²) in [7, 11) is 0. The fourth-order valence-electron chi connectivity index (χ4n) is 3.58. The molecule has 3 rings (SSSR count). The van der Waals surface area contributed by atoms with Crippen LogP contribution in [0.15, 0.2) is 12.1 Å². The van der Waals surface area contributed by atoms with Gasteiger partial charge in [0, 0.05) is 23.7 Å². The number of aromatic nitrogens is 4. The molecule has 1 aliphatic rings. The van der Waals surface area contributed by atoms with E-state index in [0.717, 1.165) is 30.7 Å². The smallest absolute Gasteiger partial charge is 0.228 e. The maximum absolute atomic E-state index is 12.8. The highest BCUT2D eigenvalue weighted by atomic mass is 16.2. The monoisotopic (exact) mass is 341 g/mol. The summed E-state index contributed by atoms with van der Waals surface area (Å²) in [5.74, 6) is 3.49. The summed E-state index contributed by atoms with van der Waals surface area (Å²) in [6, 6.07) is 3.76. The van der Waals surface area contributed by atoms with Gasteiger partial charge in [-0.25, -0.2) is 9.97 Å². The summed E-state index contributed by atoms with van der Waals surface area (Å²) in [5, 5.41) is 7.57. The van der Waals surface area contributed by atoms with Crippen LogP contribution < -0.4 is 5.32 Å². The maximum Gasteiger partial charge on any atom is 0.228 e. The number of amides is 1. The van der Waals surface area contributed by atoms with Crippen LogP contribution in [0.1, 0.15) is 50.3 Å². The topological polar surface area (TPSA) is 72.7 Å². The lowest BCUT2D eigenvalue weighted by molar-refractivity contribution is -0.121. The van der Waals surface area contributed by atoms with Gasteiger partial charge in [0.05, 0.1) is 5.69 Å². The zero-order chi connectivity index (χ0) is 18.1. The van der Waals surface area contributed by atoms with Crippen LogP contribution in [0.3, 0.4) is 0 Å². The molecular formula is C19H27N5O. The van der Waals surface area contributed by atoms with Crippen molar-refractivity contribution >= 4 is 11.7 Å². The van der Waals surface area contributed by atoms with Gasteiger partial charge in [0.2, 0.25) is 5.91 Å². The molecule has 134 valence electrons. The molecule has 6 heteroatoms. The molecule has 1 aliphatic carbocycles. The third kappa shape index (κ3) is 3.89. The molecule has 0 aliphatic heterocycles. The van der Waals surface area contributed by atoms with Crippen LogP contribution in [0.25, 0.3) is 5.82 Å². The number of carbonyl (C=O) groups excluding carboxylic acids is 1. The van der Waals surface area contributed by atoms with Crippen LogP contribution in [0.4, 0.5) is 5.82 Å². The average molecular weight is 341 g/mol. The molecule has 0 bridgehead atoms. The van der Waals surface area contributed by atoms with Gasteiger partial charge in [0.25, 0.3) is 0 Å². The van der Waals surface area contributed by atoms with Gasteiger partial charge in [-0.05, 0) is 51.9 Å². The first kappa shape index (κ1) is 17.6. The Bertz CT molecular complexity index is 762. The van der Waals surface area contributed by atoms with Crippen molar-refractivity contribution in [1.82, 2.24) is 19.7 Å². The lowest BCUT2D eigenvalue weighted by atomic mass is 9.75. The predicted octanol–water partition coefficient (Wildman–Crippen LogP) is 3.60. The van der Waals surface area contributed by atoms with E-state index in [9.17, 15) is 4.79 Å². The van der Waals surface area contributed by atoms with Gasteiger partial charge in [0.1, 0.15) is 11.6 Å². The molecule has 0 aromatic carbocycles. The van der Waals surface area contributed by atoms with Crippen molar-refractivity contribution in [2.45, 2.75) is 53.9 Å². The molecule has 2 aromatic heterocycles. The minimum absolute atomic E-state index is 0.0729. The number of hydrogen-bond donors (Lipinski definition) is 1. The fourth-order valence-corrected chi connectivity index (χ4v) is 3.58. The largest absolute Gasteiger partial charge is 0.310 e. The van der Waals surface area contributed by atoms with Crippen molar-refractivity contribution in [2.75, 3.05) is 5.32 Å². The molecule has 25 heavy (non-hydrogen) atoms. The lowest BCUT2D eigenvalue weighted by Crippen LogP contribution is -2.31. The third-order valence-electron chi connectivity index (χ3n) is 5.22. The van der Waals surface area contributed by atoms with E-state index in [2.05, 4.69) is 34.2 Å². The first-order valence-electron chi connectivity index (χ1n) is 9.03. The molecule has 2 heterocycles.